The van der Waals surface area contributed by atoms with Gasteiger partial charge in [0.2, 0.25) is 0 Å². The van der Waals surface area contributed by atoms with Gasteiger partial charge in [-0.25, -0.2) is 0 Å². The van der Waals surface area contributed by atoms with Crippen LogP contribution in [0, 0.1) is 0 Å². The predicted octanol–water partition coefficient (Wildman–Crippen LogP) is 2.98. The first-order valence-electron chi connectivity index (χ1n) is 5.67. The van der Waals surface area contributed by atoms with Crippen LogP contribution in [0.3, 0.4) is 0 Å². The number of methoxy groups -OCH3 is 1. The van der Waals surface area contributed by atoms with Crippen molar-refractivity contribution in [1.82, 2.24) is 0 Å². The van der Waals surface area contributed by atoms with Crippen LogP contribution in [-0.2, 0) is 0 Å². The van der Waals surface area contributed by atoms with Crippen molar-refractivity contribution in [3.63, 3.8) is 0 Å². The lowest BCUT2D eigenvalue weighted by atomic mass is 10.1. The molecule has 2 aromatic rings. The zero-order valence-electron chi connectivity index (χ0n) is 10.4. The van der Waals surface area contributed by atoms with Crippen LogP contribution >= 0.6 is 0 Å². The Labute approximate surface area is 110 Å². The summed E-state index contributed by atoms with van der Waals surface area (Å²) in [5.41, 5.74) is 1.31. The molecule has 0 aliphatic carbocycles. The summed E-state index contributed by atoms with van der Waals surface area (Å²) in [5, 5.41) is 28.5. The van der Waals surface area contributed by atoms with E-state index in [1.165, 1.54) is 31.4 Å². The van der Waals surface area contributed by atoms with Gasteiger partial charge in [0.1, 0.15) is 11.5 Å². The third-order valence-electron chi connectivity index (χ3n) is 2.67. The van der Waals surface area contributed by atoms with Gasteiger partial charge in [-0.2, -0.15) is 0 Å². The van der Waals surface area contributed by atoms with Crippen molar-refractivity contribution >= 4 is 12.2 Å². The van der Waals surface area contributed by atoms with Crippen molar-refractivity contribution in [1.29, 1.82) is 0 Å². The van der Waals surface area contributed by atoms with Gasteiger partial charge in [-0.3, -0.25) is 0 Å². The first kappa shape index (κ1) is 12.8. The average Bonchev–Trinajstić information content (AvgIpc) is 2.41. The molecule has 0 fully saturated rings. The van der Waals surface area contributed by atoms with E-state index in [0.29, 0.717) is 11.3 Å². The van der Waals surface area contributed by atoms with Crippen molar-refractivity contribution in [3.8, 4) is 23.0 Å². The molecule has 98 valence electrons. The summed E-state index contributed by atoms with van der Waals surface area (Å²) in [6.45, 7) is 0. The Kier molecular flexibility index (Phi) is 3.61. The van der Waals surface area contributed by atoms with Gasteiger partial charge < -0.3 is 20.1 Å². The minimum atomic E-state index is 0.0693. The van der Waals surface area contributed by atoms with Crippen LogP contribution in [0.4, 0.5) is 0 Å². The van der Waals surface area contributed by atoms with Crippen LogP contribution in [0.15, 0.2) is 36.4 Å². The van der Waals surface area contributed by atoms with Crippen molar-refractivity contribution in [2.75, 3.05) is 7.11 Å². The molecule has 0 saturated heterocycles. The standard InChI is InChI=1S/C15H14O4/c1-19-15-8-10(3-6-14(15)18)2-4-11-9-12(16)5-7-13(11)17/h2-9,16-18H,1H3/b4-2+. The maximum Gasteiger partial charge on any atom is 0.161 e. The molecule has 0 atom stereocenters. The minimum Gasteiger partial charge on any atom is -0.508 e. The molecule has 0 aromatic heterocycles. The summed E-state index contributed by atoms with van der Waals surface area (Å²) in [6.07, 6.45) is 3.41. The molecule has 0 heterocycles. The summed E-state index contributed by atoms with van der Waals surface area (Å²) < 4.78 is 5.01. The quantitative estimate of drug-likeness (QED) is 0.584. The second-order valence-corrected chi connectivity index (χ2v) is 4.01. The molecular formula is C15H14O4. The number of rotatable bonds is 3. The van der Waals surface area contributed by atoms with E-state index in [1.807, 2.05) is 0 Å². The molecule has 4 heteroatoms. The molecule has 0 unspecified atom stereocenters. The normalized spacial score (nSPS) is 10.8. The van der Waals surface area contributed by atoms with Crippen LogP contribution in [-0.4, -0.2) is 22.4 Å². The van der Waals surface area contributed by atoms with Crippen molar-refractivity contribution in [3.05, 3.63) is 47.5 Å². The number of phenols is 3. The van der Waals surface area contributed by atoms with Crippen LogP contribution in [0.5, 0.6) is 23.0 Å². The van der Waals surface area contributed by atoms with Crippen LogP contribution in [0.1, 0.15) is 11.1 Å². The number of aromatic hydroxyl groups is 3. The maximum absolute atomic E-state index is 9.63. The molecule has 0 saturated carbocycles. The van der Waals surface area contributed by atoms with E-state index in [9.17, 15) is 15.3 Å². The van der Waals surface area contributed by atoms with Crippen molar-refractivity contribution in [2.24, 2.45) is 0 Å². The minimum absolute atomic E-state index is 0.0693. The molecule has 3 N–H and O–H groups in total. The van der Waals surface area contributed by atoms with Crippen LogP contribution in [0.25, 0.3) is 12.2 Å². The van der Waals surface area contributed by atoms with Gasteiger partial charge in [0.05, 0.1) is 7.11 Å². The number of ether oxygens (including phenoxy) is 1. The SMILES string of the molecule is COc1cc(/C=C/c2cc(O)ccc2O)ccc1O. The summed E-state index contributed by atoms with van der Waals surface area (Å²) in [5.74, 6) is 0.614. The van der Waals surface area contributed by atoms with E-state index in [2.05, 4.69) is 0 Å². The highest BCUT2D eigenvalue weighted by atomic mass is 16.5. The van der Waals surface area contributed by atoms with E-state index in [0.717, 1.165) is 5.56 Å². The largest absolute Gasteiger partial charge is 0.508 e. The van der Waals surface area contributed by atoms with Gasteiger partial charge in [0.15, 0.2) is 11.5 Å². The summed E-state index contributed by atoms with van der Waals surface area (Å²) >= 11 is 0. The Morgan fingerprint density at radius 3 is 2.37 bits per heavy atom. The van der Waals surface area contributed by atoms with E-state index in [1.54, 1.807) is 24.3 Å². The fourth-order valence-corrected chi connectivity index (χ4v) is 1.66. The molecule has 19 heavy (non-hydrogen) atoms. The summed E-state index contributed by atoms with van der Waals surface area (Å²) in [7, 11) is 1.48. The Balaban J connectivity index is 2.29. The zero-order valence-corrected chi connectivity index (χ0v) is 10.4. The van der Waals surface area contributed by atoms with Gasteiger partial charge in [-0.05, 0) is 35.9 Å². The number of hydrogen-bond donors (Lipinski definition) is 3. The number of benzene rings is 2. The Morgan fingerprint density at radius 2 is 1.63 bits per heavy atom. The van der Waals surface area contributed by atoms with Crippen molar-refractivity contribution < 1.29 is 20.1 Å². The molecule has 0 amide bonds. The molecule has 0 bridgehead atoms. The molecular weight excluding hydrogens is 244 g/mol. The van der Waals surface area contributed by atoms with E-state index < -0.39 is 0 Å². The Hall–Kier alpha value is -2.62. The topological polar surface area (TPSA) is 69.9 Å². The third kappa shape index (κ3) is 2.98. The first-order valence-corrected chi connectivity index (χ1v) is 5.67. The monoisotopic (exact) mass is 258 g/mol. The van der Waals surface area contributed by atoms with Crippen LogP contribution < -0.4 is 4.74 Å². The van der Waals surface area contributed by atoms with Gasteiger partial charge in [-0.1, -0.05) is 18.2 Å². The highest BCUT2D eigenvalue weighted by Gasteiger charge is 2.02. The van der Waals surface area contributed by atoms with Crippen LogP contribution in [0.2, 0.25) is 0 Å². The van der Waals surface area contributed by atoms with E-state index >= 15 is 0 Å². The number of hydrogen-bond acceptors (Lipinski definition) is 4. The fraction of sp³-hybridized carbons (Fsp3) is 0.0667. The average molecular weight is 258 g/mol. The lowest BCUT2D eigenvalue weighted by Crippen LogP contribution is -1.84. The lowest BCUT2D eigenvalue weighted by molar-refractivity contribution is 0.373. The van der Waals surface area contributed by atoms with E-state index in [4.69, 9.17) is 4.74 Å². The number of phenolic OH excluding ortho intramolecular Hbond substituents is 3. The molecule has 4 nitrogen and oxygen atoms in total. The highest BCUT2D eigenvalue weighted by molar-refractivity contribution is 5.74. The first-order chi connectivity index (χ1) is 9.10. The summed E-state index contributed by atoms with van der Waals surface area (Å²) in [4.78, 5) is 0. The lowest BCUT2D eigenvalue weighted by Gasteiger charge is -2.04. The highest BCUT2D eigenvalue weighted by Crippen LogP contribution is 2.28. The molecule has 2 aromatic carbocycles. The second-order valence-electron chi connectivity index (χ2n) is 4.01. The van der Waals surface area contributed by atoms with Gasteiger partial charge in [0, 0.05) is 5.56 Å². The molecule has 2 rings (SSSR count). The van der Waals surface area contributed by atoms with Gasteiger partial charge in [-0.15, -0.1) is 0 Å². The van der Waals surface area contributed by atoms with Gasteiger partial charge >= 0.3 is 0 Å². The smallest absolute Gasteiger partial charge is 0.161 e. The van der Waals surface area contributed by atoms with Gasteiger partial charge in [0.25, 0.3) is 0 Å². The summed E-state index contributed by atoms with van der Waals surface area (Å²) in [6, 6.07) is 9.22. The Bertz CT molecular complexity index is 618. The zero-order chi connectivity index (χ0) is 13.8. The maximum atomic E-state index is 9.63. The third-order valence-corrected chi connectivity index (χ3v) is 2.67. The molecule has 0 aliphatic heterocycles. The molecule has 0 spiro atoms. The second kappa shape index (κ2) is 5.35. The van der Waals surface area contributed by atoms with Crippen molar-refractivity contribution in [2.45, 2.75) is 0 Å². The van der Waals surface area contributed by atoms with E-state index in [-0.39, 0.29) is 17.2 Å². The molecule has 0 radical (unpaired) electrons. The molecule has 0 aliphatic rings. The Morgan fingerprint density at radius 1 is 0.895 bits per heavy atom. The fourth-order valence-electron chi connectivity index (χ4n) is 1.66. The predicted molar refractivity (Wildman–Crippen MR) is 73.4 cm³/mol.